The minimum Gasteiger partial charge on any atom is -0.379 e. The molecule has 7 heteroatoms. The number of nitrogens with zero attached hydrogens (tertiary/aromatic N) is 5. The van der Waals surface area contributed by atoms with Crippen LogP contribution >= 0.6 is 0 Å². The van der Waals surface area contributed by atoms with E-state index in [-0.39, 0.29) is 5.91 Å². The number of benzene rings is 1. The first-order chi connectivity index (χ1) is 12.2. The number of fused-ring (bicyclic) bond motifs is 1. The van der Waals surface area contributed by atoms with Gasteiger partial charge in [0.05, 0.1) is 18.7 Å². The molecule has 1 aromatic carbocycles. The highest BCUT2D eigenvalue weighted by atomic mass is 16.5. The Labute approximate surface area is 147 Å². The van der Waals surface area contributed by atoms with Gasteiger partial charge in [-0.15, -0.1) is 5.10 Å². The van der Waals surface area contributed by atoms with Gasteiger partial charge in [-0.3, -0.25) is 9.69 Å². The zero-order valence-corrected chi connectivity index (χ0v) is 14.9. The second-order valence-electron chi connectivity index (χ2n) is 7.01. The molecule has 25 heavy (non-hydrogen) atoms. The summed E-state index contributed by atoms with van der Waals surface area (Å²) in [5.74, 6) is 0.572. The third-order valence-electron chi connectivity index (χ3n) is 5.43. The normalized spacial score (nSPS) is 25.0. The van der Waals surface area contributed by atoms with E-state index in [1.54, 1.807) is 0 Å². The summed E-state index contributed by atoms with van der Waals surface area (Å²) in [4.78, 5) is 17.4. The van der Waals surface area contributed by atoms with Crippen LogP contribution in [-0.4, -0.2) is 76.1 Å². The maximum Gasteiger partial charge on any atom is 0.253 e. The Bertz CT molecular complexity index is 768. The van der Waals surface area contributed by atoms with Gasteiger partial charge in [0.25, 0.3) is 5.91 Å². The van der Waals surface area contributed by atoms with Crippen molar-refractivity contribution in [2.75, 3.05) is 39.4 Å². The quantitative estimate of drug-likeness (QED) is 0.839. The summed E-state index contributed by atoms with van der Waals surface area (Å²) in [6, 6.07) is 6.14. The van der Waals surface area contributed by atoms with Gasteiger partial charge in [-0.05, 0) is 31.0 Å². The second-order valence-corrected chi connectivity index (χ2v) is 7.01. The number of morpholine rings is 1. The summed E-state index contributed by atoms with van der Waals surface area (Å²) in [6.45, 7) is 10.1. The summed E-state index contributed by atoms with van der Waals surface area (Å²) >= 11 is 0. The summed E-state index contributed by atoms with van der Waals surface area (Å²) in [7, 11) is 0. The molecule has 2 aliphatic rings. The fourth-order valence-corrected chi connectivity index (χ4v) is 4.02. The number of aryl methyl sites for hydroxylation is 1. The first-order valence-corrected chi connectivity index (χ1v) is 9.11. The molecule has 0 aliphatic carbocycles. The number of rotatable bonds is 3. The van der Waals surface area contributed by atoms with E-state index in [0.29, 0.717) is 17.5 Å². The van der Waals surface area contributed by atoms with Crippen LogP contribution in [0.2, 0.25) is 0 Å². The zero-order chi connectivity index (χ0) is 17.4. The van der Waals surface area contributed by atoms with Gasteiger partial charge in [0, 0.05) is 44.3 Å². The third kappa shape index (κ3) is 3.02. The lowest BCUT2D eigenvalue weighted by atomic mass is 10.0. The molecule has 0 unspecified atom stereocenters. The average Bonchev–Trinajstić information content (AvgIpc) is 3.24. The molecular weight excluding hydrogens is 318 g/mol. The Kier molecular flexibility index (Phi) is 4.43. The number of carbonyl (C=O) groups excluding carboxylic acids is 1. The molecule has 3 heterocycles. The molecule has 2 atom stereocenters. The van der Waals surface area contributed by atoms with Crippen LogP contribution in [0.15, 0.2) is 18.2 Å². The maximum absolute atomic E-state index is 13.0. The highest BCUT2D eigenvalue weighted by Gasteiger charge is 2.36. The van der Waals surface area contributed by atoms with Crippen molar-refractivity contribution >= 4 is 16.9 Å². The fourth-order valence-electron chi connectivity index (χ4n) is 4.02. The molecule has 1 aromatic heterocycles. The lowest BCUT2D eigenvalue weighted by Gasteiger charge is -2.33. The van der Waals surface area contributed by atoms with Crippen LogP contribution in [0.1, 0.15) is 24.2 Å². The lowest BCUT2D eigenvalue weighted by Crippen LogP contribution is -2.47. The van der Waals surface area contributed by atoms with E-state index in [0.717, 1.165) is 57.0 Å². The molecule has 2 aromatic rings. The van der Waals surface area contributed by atoms with Gasteiger partial charge in [0.1, 0.15) is 5.52 Å². The van der Waals surface area contributed by atoms with Gasteiger partial charge in [0.2, 0.25) is 0 Å². The van der Waals surface area contributed by atoms with Crippen molar-refractivity contribution < 1.29 is 9.53 Å². The Balaban J connectivity index is 1.51. The number of hydrogen-bond donors (Lipinski definition) is 0. The molecule has 0 saturated carbocycles. The Hall–Kier alpha value is -1.99. The van der Waals surface area contributed by atoms with Crippen molar-refractivity contribution in [2.45, 2.75) is 26.4 Å². The Morgan fingerprint density at radius 3 is 2.84 bits per heavy atom. The van der Waals surface area contributed by atoms with E-state index >= 15 is 0 Å². The molecule has 7 nitrogen and oxygen atoms in total. The maximum atomic E-state index is 13.0. The van der Waals surface area contributed by atoms with Crippen LogP contribution in [-0.2, 0) is 11.3 Å². The van der Waals surface area contributed by atoms with Crippen molar-refractivity contribution in [1.29, 1.82) is 0 Å². The van der Waals surface area contributed by atoms with Crippen molar-refractivity contribution in [2.24, 2.45) is 5.92 Å². The second kappa shape index (κ2) is 6.72. The molecule has 0 spiro atoms. The minimum atomic E-state index is 0.0931. The molecule has 2 fully saturated rings. The van der Waals surface area contributed by atoms with Crippen molar-refractivity contribution in [3.05, 3.63) is 23.8 Å². The van der Waals surface area contributed by atoms with E-state index in [1.807, 2.05) is 34.7 Å². The number of amides is 1. The summed E-state index contributed by atoms with van der Waals surface area (Å²) < 4.78 is 7.30. The van der Waals surface area contributed by atoms with Gasteiger partial charge in [-0.1, -0.05) is 12.1 Å². The topological polar surface area (TPSA) is 63.5 Å². The highest BCUT2D eigenvalue weighted by molar-refractivity contribution is 5.97. The molecule has 1 amide bonds. The lowest BCUT2D eigenvalue weighted by molar-refractivity contribution is 0.0119. The number of likely N-dealkylation sites (tertiary alicyclic amines) is 1. The van der Waals surface area contributed by atoms with Gasteiger partial charge in [-0.25, -0.2) is 4.68 Å². The Morgan fingerprint density at radius 2 is 2.08 bits per heavy atom. The standard InChI is InChI=1S/C18H25N5O2/c1-3-23-16-5-4-14(10-15(16)19-20-23)18(24)22-11-13(2)17(12-22)21-6-8-25-9-7-21/h4-5,10,13,17H,3,6-9,11-12H2,1-2H3/t13-,17+/m0/s1. The molecular formula is C18H25N5O2. The SMILES string of the molecule is CCn1nnc2cc(C(=O)N3C[C@@H](N4CCOCC4)[C@@H](C)C3)ccc21. The Morgan fingerprint density at radius 1 is 1.28 bits per heavy atom. The summed E-state index contributed by atoms with van der Waals surface area (Å²) in [5, 5.41) is 8.30. The smallest absolute Gasteiger partial charge is 0.253 e. The van der Waals surface area contributed by atoms with E-state index in [2.05, 4.69) is 22.1 Å². The third-order valence-corrected chi connectivity index (χ3v) is 5.43. The average molecular weight is 343 g/mol. The van der Waals surface area contributed by atoms with Crippen molar-refractivity contribution in [3.63, 3.8) is 0 Å². The predicted octanol–water partition coefficient (Wildman–Crippen LogP) is 1.24. The van der Waals surface area contributed by atoms with Gasteiger partial charge >= 0.3 is 0 Å². The number of aromatic nitrogens is 3. The number of ether oxygens (including phenoxy) is 1. The molecule has 0 bridgehead atoms. The van der Waals surface area contributed by atoms with E-state index in [9.17, 15) is 4.79 Å². The van der Waals surface area contributed by atoms with Gasteiger partial charge in [-0.2, -0.15) is 0 Å². The van der Waals surface area contributed by atoms with Crippen molar-refractivity contribution in [3.8, 4) is 0 Å². The van der Waals surface area contributed by atoms with Gasteiger partial charge < -0.3 is 9.64 Å². The van der Waals surface area contributed by atoms with Gasteiger partial charge in [0.15, 0.2) is 0 Å². The molecule has 0 N–H and O–H groups in total. The summed E-state index contributed by atoms with van der Waals surface area (Å²) in [6.07, 6.45) is 0. The predicted molar refractivity (Wildman–Crippen MR) is 94.4 cm³/mol. The van der Waals surface area contributed by atoms with E-state index in [4.69, 9.17) is 4.74 Å². The number of carbonyl (C=O) groups is 1. The van der Waals surface area contributed by atoms with Crippen LogP contribution in [0.4, 0.5) is 0 Å². The van der Waals surface area contributed by atoms with E-state index in [1.165, 1.54) is 0 Å². The minimum absolute atomic E-state index is 0.0931. The first kappa shape index (κ1) is 16.5. The molecule has 4 rings (SSSR count). The molecule has 2 aliphatic heterocycles. The first-order valence-electron chi connectivity index (χ1n) is 9.11. The largest absolute Gasteiger partial charge is 0.379 e. The number of hydrogen-bond acceptors (Lipinski definition) is 5. The monoisotopic (exact) mass is 343 g/mol. The zero-order valence-electron chi connectivity index (χ0n) is 14.9. The van der Waals surface area contributed by atoms with Crippen LogP contribution < -0.4 is 0 Å². The molecule has 134 valence electrons. The van der Waals surface area contributed by atoms with Crippen LogP contribution in [0.3, 0.4) is 0 Å². The van der Waals surface area contributed by atoms with Crippen LogP contribution in [0, 0.1) is 5.92 Å². The molecule has 0 radical (unpaired) electrons. The van der Waals surface area contributed by atoms with Crippen molar-refractivity contribution in [1.82, 2.24) is 24.8 Å². The van der Waals surface area contributed by atoms with Crippen LogP contribution in [0.25, 0.3) is 11.0 Å². The summed E-state index contributed by atoms with van der Waals surface area (Å²) in [5.41, 5.74) is 2.45. The van der Waals surface area contributed by atoms with Crippen LogP contribution in [0.5, 0.6) is 0 Å². The molecule has 2 saturated heterocycles. The fraction of sp³-hybridized carbons (Fsp3) is 0.611. The van der Waals surface area contributed by atoms with E-state index < -0.39 is 0 Å². The highest BCUT2D eigenvalue weighted by Crippen LogP contribution is 2.25.